The van der Waals surface area contributed by atoms with E-state index in [9.17, 15) is 23.6 Å². The first kappa shape index (κ1) is 15.5. The lowest BCUT2D eigenvalue weighted by Gasteiger charge is -2.21. The van der Waals surface area contributed by atoms with Crippen LogP contribution in [-0.2, 0) is 4.74 Å². The van der Waals surface area contributed by atoms with Crippen LogP contribution in [0.3, 0.4) is 0 Å². The fourth-order valence-corrected chi connectivity index (χ4v) is 1.98. The summed E-state index contributed by atoms with van der Waals surface area (Å²) in [6.07, 6.45) is -0.980. The van der Waals surface area contributed by atoms with E-state index in [0.717, 1.165) is 12.1 Å². The molecule has 112 valence electrons. The molecule has 0 bridgehead atoms. The van der Waals surface area contributed by atoms with Crippen molar-refractivity contribution in [3.8, 4) is 0 Å². The van der Waals surface area contributed by atoms with Gasteiger partial charge < -0.3 is 14.8 Å². The summed E-state index contributed by atoms with van der Waals surface area (Å²) in [7, 11) is -2.03. The Morgan fingerprint density at radius 2 is 1.86 bits per heavy atom. The van der Waals surface area contributed by atoms with Crippen LogP contribution in [0.4, 0.5) is 13.6 Å². The molecule has 0 radical (unpaired) electrons. The van der Waals surface area contributed by atoms with Crippen molar-refractivity contribution < 1.29 is 28.4 Å². The summed E-state index contributed by atoms with van der Waals surface area (Å²) in [6, 6.07) is 2.72. The van der Waals surface area contributed by atoms with Gasteiger partial charge in [-0.3, -0.25) is 0 Å². The van der Waals surface area contributed by atoms with Crippen molar-refractivity contribution >= 4 is 29.7 Å². The predicted molar refractivity (Wildman–Crippen MR) is 73.3 cm³/mol. The van der Waals surface area contributed by atoms with Gasteiger partial charge in [-0.1, -0.05) is 0 Å². The van der Waals surface area contributed by atoms with Gasteiger partial charge in [0.25, 0.3) is 0 Å². The van der Waals surface area contributed by atoms with Crippen LogP contribution in [0, 0.1) is 11.6 Å². The van der Waals surface area contributed by atoms with Crippen LogP contribution in [0.2, 0.25) is 0 Å². The van der Waals surface area contributed by atoms with E-state index in [1.165, 1.54) is 0 Å². The Labute approximate surface area is 119 Å². The number of carbonyl (C=O) groups is 1. The number of nitrogens with zero attached hydrogens (tertiary/aromatic N) is 1. The molecule has 2 aromatic rings. The van der Waals surface area contributed by atoms with Gasteiger partial charge in [0.15, 0.2) is 5.82 Å². The Bertz CT molecular complexity index is 706. The highest BCUT2D eigenvalue weighted by Crippen LogP contribution is 2.21. The molecule has 0 saturated carbocycles. The molecule has 1 aromatic heterocycles. The fraction of sp³-hybridized carbons (Fsp3) is 0.308. The van der Waals surface area contributed by atoms with Gasteiger partial charge in [0.05, 0.1) is 11.1 Å². The van der Waals surface area contributed by atoms with E-state index in [1.54, 1.807) is 20.8 Å². The highest BCUT2D eigenvalue weighted by molar-refractivity contribution is 6.59. The first-order valence-electron chi connectivity index (χ1n) is 6.20. The molecule has 0 aliphatic rings. The number of halogens is 2. The Hall–Kier alpha value is -1.93. The fourth-order valence-electron chi connectivity index (χ4n) is 1.98. The zero-order valence-corrected chi connectivity index (χ0v) is 11.7. The molecule has 0 amide bonds. The Balaban J connectivity index is 2.70. The van der Waals surface area contributed by atoms with Crippen molar-refractivity contribution in [2.45, 2.75) is 26.4 Å². The molecule has 0 atom stereocenters. The molecule has 1 heterocycles. The third-order valence-electron chi connectivity index (χ3n) is 2.68. The maximum atomic E-state index is 13.9. The second kappa shape index (κ2) is 5.12. The SMILES string of the molecule is CC(C)(C)OC(=O)n1c(B(O)O)cc2cc(F)cc(F)c21. The number of rotatable bonds is 1. The van der Waals surface area contributed by atoms with Crippen molar-refractivity contribution in [3.63, 3.8) is 0 Å². The quantitative estimate of drug-likeness (QED) is 0.780. The minimum absolute atomic E-state index is 0.0291. The van der Waals surface area contributed by atoms with E-state index in [1.807, 2.05) is 0 Å². The monoisotopic (exact) mass is 297 g/mol. The summed E-state index contributed by atoms with van der Waals surface area (Å²) in [5, 5.41) is 18.7. The Morgan fingerprint density at radius 1 is 1.24 bits per heavy atom. The van der Waals surface area contributed by atoms with Crippen LogP contribution in [-0.4, -0.2) is 33.4 Å². The lowest BCUT2D eigenvalue weighted by Crippen LogP contribution is -2.41. The molecule has 5 nitrogen and oxygen atoms in total. The minimum atomic E-state index is -2.03. The van der Waals surface area contributed by atoms with Crippen molar-refractivity contribution in [3.05, 3.63) is 29.8 Å². The van der Waals surface area contributed by atoms with Crippen molar-refractivity contribution in [2.75, 3.05) is 0 Å². The average Bonchev–Trinajstić information content (AvgIpc) is 2.65. The summed E-state index contributed by atoms with van der Waals surface area (Å²) in [5.41, 5.74) is -1.43. The third kappa shape index (κ3) is 3.06. The highest BCUT2D eigenvalue weighted by atomic mass is 19.1. The smallest absolute Gasteiger partial charge is 0.443 e. The highest BCUT2D eigenvalue weighted by Gasteiger charge is 2.28. The number of fused-ring (bicyclic) bond motifs is 1. The summed E-state index contributed by atoms with van der Waals surface area (Å²) >= 11 is 0. The van der Waals surface area contributed by atoms with Crippen molar-refractivity contribution in [1.82, 2.24) is 4.57 Å². The van der Waals surface area contributed by atoms with Crippen LogP contribution >= 0.6 is 0 Å². The van der Waals surface area contributed by atoms with Crippen molar-refractivity contribution in [1.29, 1.82) is 0 Å². The van der Waals surface area contributed by atoms with Gasteiger partial charge >= 0.3 is 13.2 Å². The molecule has 8 heteroatoms. The molecule has 21 heavy (non-hydrogen) atoms. The maximum Gasteiger partial charge on any atom is 0.506 e. The zero-order chi connectivity index (χ0) is 15.9. The first-order valence-corrected chi connectivity index (χ1v) is 6.20. The average molecular weight is 297 g/mol. The number of ether oxygens (including phenoxy) is 1. The van der Waals surface area contributed by atoms with Gasteiger partial charge in [-0.05, 0) is 32.9 Å². The van der Waals surface area contributed by atoms with Crippen LogP contribution in [0.25, 0.3) is 10.9 Å². The van der Waals surface area contributed by atoms with Crippen LogP contribution in [0.5, 0.6) is 0 Å². The molecule has 0 aliphatic heterocycles. The minimum Gasteiger partial charge on any atom is -0.443 e. The second-order valence-electron chi connectivity index (χ2n) is 5.58. The van der Waals surface area contributed by atoms with E-state index >= 15 is 0 Å². The maximum absolute atomic E-state index is 13.9. The number of benzene rings is 1. The summed E-state index contributed by atoms with van der Waals surface area (Å²) in [6.45, 7) is 4.84. The Morgan fingerprint density at radius 3 is 2.38 bits per heavy atom. The predicted octanol–water partition coefficient (Wildman–Crippen LogP) is 1.38. The summed E-state index contributed by atoms with van der Waals surface area (Å²) < 4.78 is 33.0. The van der Waals surface area contributed by atoms with E-state index in [4.69, 9.17) is 4.74 Å². The number of hydrogen-bond acceptors (Lipinski definition) is 4. The van der Waals surface area contributed by atoms with E-state index < -0.39 is 30.4 Å². The topological polar surface area (TPSA) is 71.7 Å². The molecular formula is C13H14BF2NO4. The summed E-state index contributed by atoms with van der Waals surface area (Å²) in [5.74, 6) is -1.83. The van der Waals surface area contributed by atoms with E-state index in [-0.39, 0.29) is 16.5 Å². The lowest BCUT2D eigenvalue weighted by molar-refractivity contribution is 0.0547. The van der Waals surface area contributed by atoms with Gasteiger partial charge in [0, 0.05) is 11.5 Å². The van der Waals surface area contributed by atoms with E-state index in [0.29, 0.717) is 10.6 Å². The van der Waals surface area contributed by atoms with Crippen LogP contribution < -0.4 is 5.59 Å². The van der Waals surface area contributed by atoms with Gasteiger partial charge in [-0.15, -0.1) is 0 Å². The number of hydrogen-bond donors (Lipinski definition) is 2. The molecule has 0 aliphatic carbocycles. The molecule has 0 fully saturated rings. The van der Waals surface area contributed by atoms with Crippen LogP contribution in [0.1, 0.15) is 20.8 Å². The summed E-state index contributed by atoms with van der Waals surface area (Å²) in [4.78, 5) is 12.2. The second-order valence-corrected chi connectivity index (χ2v) is 5.58. The van der Waals surface area contributed by atoms with Gasteiger partial charge in [0.1, 0.15) is 11.4 Å². The van der Waals surface area contributed by atoms with Gasteiger partial charge in [-0.25, -0.2) is 18.1 Å². The molecule has 2 rings (SSSR count). The lowest BCUT2D eigenvalue weighted by atomic mass is 9.86. The van der Waals surface area contributed by atoms with Gasteiger partial charge in [0.2, 0.25) is 0 Å². The zero-order valence-electron chi connectivity index (χ0n) is 11.7. The molecule has 1 aromatic carbocycles. The Kier molecular flexibility index (Phi) is 3.77. The molecule has 0 spiro atoms. The molecule has 2 N–H and O–H groups in total. The standard InChI is InChI=1S/C13H14BF2NO4/c1-13(2,3)21-12(18)17-10(14(19)20)5-7-4-8(15)6-9(16)11(7)17/h4-6,19-20H,1-3H3. The molecule has 0 unspecified atom stereocenters. The molecule has 0 saturated heterocycles. The van der Waals surface area contributed by atoms with Crippen molar-refractivity contribution in [2.24, 2.45) is 0 Å². The normalized spacial score (nSPS) is 11.8. The third-order valence-corrected chi connectivity index (χ3v) is 2.68. The van der Waals surface area contributed by atoms with Crippen LogP contribution in [0.15, 0.2) is 18.2 Å². The molecular weight excluding hydrogens is 283 g/mol. The van der Waals surface area contributed by atoms with E-state index in [2.05, 4.69) is 0 Å². The number of aromatic nitrogens is 1. The number of carbonyl (C=O) groups excluding carboxylic acids is 1. The largest absolute Gasteiger partial charge is 0.506 e. The van der Waals surface area contributed by atoms with Gasteiger partial charge in [-0.2, -0.15) is 0 Å². The first-order chi connectivity index (χ1) is 9.60.